The van der Waals surface area contributed by atoms with Crippen molar-refractivity contribution in [3.05, 3.63) is 12.3 Å². The molecule has 56 valence electrons. The smallest absolute Gasteiger partial charge is 0.103 e. The van der Waals surface area contributed by atoms with Gasteiger partial charge in [-0.25, -0.2) is 0 Å². The summed E-state index contributed by atoms with van der Waals surface area (Å²) >= 11 is 0. The van der Waals surface area contributed by atoms with Gasteiger partial charge in [-0.05, 0) is 18.9 Å². The van der Waals surface area contributed by atoms with Crippen LogP contribution in [0.2, 0.25) is 0 Å². The van der Waals surface area contributed by atoms with Crippen LogP contribution in [0.25, 0.3) is 0 Å². The first kappa shape index (κ1) is 7.25. The van der Waals surface area contributed by atoms with Gasteiger partial charge in [-0.2, -0.15) is 5.11 Å². The van der Waals surface area contributed by atoms with Gasteiger partial charge in [0.15, 0.2) is 0 Å². The molecular weight excluding hydrogens is 126 g/mol. The van der Waals surface area contributed by atoms with E-state index in [0.717, 1.165) is 0 Å². The van der Waals surface area contributed by atoms with E-state index < -0.39 is 0 Å². The fourth-order valence-corrected chi connectivity index (χ4v) is 0.717. The number of hydrogen-bond acceptors (Lipinski definition) is 3. The van der Waals surface area contributed by atoms with Gasteiger partial charge in [0, 0.05) is 6.20 Å². The number of nitrogens with zero attached hydrogens (tertiary/aromatic N) is 2. The van der Waals surface area contributed by atoms with E-state index in [4.69, 9.17) is 0 Å². The first-order valence-corrected chi connectivity index (χ1v) is 3.50. The number of hydrogen-bond donors (Lipinski definition) is 1. The van der Waals surface area contributed by atoms with Gasteiger partial charge in [-0.1, -0.05) is 19.1 Å². The van der Waals surface area contributed by atoms with E-state index in [-0.39, 0.29) is 5.54 Å². The standard InChI is InChI=1S/C7H13N3/c1-6(2)7(3)4-5-8-10-9-7/h4-6H,1-3H3,(H,8,9). The summed E-state index contributed by atoms with van der Waals surface area (Å²) in [5.41, 5.74) is 2.57. The molecule has 0 spiro atoms. The summed E-state index contributed by atoms with van der Waals surface area (Å²) < 4.78 is 0. The van der Waals surface area contributed by atoms with Crippen molar-refractivity contribution in [1.82, 2.24) is 5.43 Å². The second-order valence-corrected chi connectivity index (χ2v) is 3.04. The summed E-state index contributed by atoms with van der Waals surface area (Å²) in [5, 5.41) is 7.83. The summed E-state index contributed by atoms with van der Waals surface area (Å²) in [6.07, 6.45) is 3.86. The van der Waals surface area contributed by atoms with Crippen molar-refractivity contribution in [3.63, 3.8) is 0 Å². The van der Waals surface area contributed by atoms with Crippen LogP contribution in [0.5, 0.6) is 0 Å². The summed E-state index contributed by atoms with van der Waals surface area (Å²) in [5.74, 6) is 0.495. The van der Waals surface area contributed by atoms with Crippen molar-refractivity contribution in [2.75, 3.05) is 0 Å². The topological polar surface area (TPSA) is 36.8 Å². The first-order chi connectivity index (χ1) is 4.65. The summed E-state index contributed by atoms with van der Waals surface area (Å²) in [6.45, 7) is 6.34. The highest BCUT2D eigenvalue weighted by Gasteiger charge is 2.25. The minimum Gasteiger partial charge on any atom is -0.268 e. The van der Waals surface area contributed by atoms with Gasteiger partial charge in [-0.3, -0.25) is 5.43 Å². The third kappa shape index (κ3) is 1.17. The van der Waals surface area contributed by atoms with Crippen LogP contribution in [0.3, 0.4) is 0 Å². The molecule has 1 N–H and O–H groups in total. The highest BCUT2D eigenvalue weighted by Crippen LogP contribution is 2.24. The van der Waals surface area contributed by atoms with Crippen LogP contribution < -0.4 is 5.43 Å². The van der Waals surface area contributed by atoms with Crippen molar-refractivity contribution in [2.24, 2.45) is 16.3 Å². The molecule has 10 heavy (non-hydrogen) atoms. The zero-order chi connectivity index (χ0) is 7.61. The fraction of sp³-hybridized carbons (Fsp3) is 0.714. The van der Waals surface area contributed by atoms with Crippen LogP contribution in [-0.4, -0.2) is 5.54 Å². The average molecular weight is 139 g/mol. The Kier molecular flexibility index (Phi) is 1.74. The van der Waals surface area contributed by atoms with Gasteiger partial charge in [0.1, 0.15) is 5.54 Å². The van der Waals surface area contributed by atoms with Gasteiger partial charge >= 0.3 is 0 Å². The maximum absolute atomic E-state index is 4.09. The lowest BCUT2D eigenvalue weighted by Crippen LogP contribution is -2.28. The lowest BCUT2D eigenvalue weighted by atomic mass is 9.89. The Morgan fingerprint density at radius 2 is 2.20 bits per heavy atom. The molecule has 0 aromatic rings. The molecule has 1 atom stereocenters. The maximum atomic E-state index is 4.09. The minimum atomic E-state index is -0.106. The Labute approximate surface area is 61.2 Å². The maximum Gasteiger partial charge on any atom is 0.103 e. The van der Waals surface area contributed by atoms with E-state index in [2.05, 4.69) is 36.5 Å². The normalized spacial score (nSPS) is 30.8. The highest BCUT2D eigenvalue weighted by molar-refractivity contribution is 5.06. The summed E-state index contributed by atoms with van der Waals surface area (Å²) in [7, 11) is 0. The molecule has 0 aromatic heterocycles. The van der Waals surface area contributed by atoms with Crippen LogP contribution in [0.1, 0.15) is 20.8 Å². The molecule has 0 amide bonds. The van der Waals surface area contributed by atoms with Crippen LogP contribution in [0, 0.1) is 5.92 Å². The van der Waals surface area contributed by atoms with E-state index in [9.17, 15) is 0 Å². The lowest BCUT2D eigenvalue weighted by Gasteiger charge is -2.25. The molecule has 0 saturated carbocycles. The molecule has 1 aliphatic heterocycles. The summed E-state index contributed by atoms with van der Waals surface area (Å²) in [6, 6.07) is 0. The van der Waals surface area contributed by atoms with E-state index in [1.54, 1.807) is 0 Å². The SMILES string of the molecule is CC(C)C1(C)C=CNN=N1. The highest BCUT2D eigenvalue weighted by atomic mass is 15.4. The van der Waals surface area contributed by atoms with E-state index in [0.29, 0.717) is 5.92 Å². The molecule has 1 unspecified atom stereocenters. The third-order valence-electron chi connectivity index (χ3n) is 1.99. The lowest BCUT2D eigenvalue weighted by molar-refractivity contribution is 0.384. The second-order valence-electron chi connectivity index (χ2n) is 3.04. The zero-order valence-electron chi connectivity index (χ0n) is 6.63. The van der Waals surface area contributed by atoms with E-state index in [1.807, 2.05) is 12.3 Å². The molecule has 3 nitrogen and oxygen atoms in total. The monoisotopic (exact) mass is 139 g/mol. The molecule has 1 heterocycles. The van der Waals surface area contributed by atoms with Crippen molar-refractivity contribution in [1.29, 1.82) is 0 Å². The quantitative estimate of drug-likeness (QED) is 0.591. The molecule has 0 radical (unpaired) electrons. The van der Waals surface area contributed by atoms with Gasteiger partial charge in [0.2, 0.25) is 0 Å². The zero-order valence-corrected chi connectivity index (χ0v) is 6.63. The Bertz CT molecular complexity index is 158. The van der Waals surface area contributed by atoms with Gasteiger partial charge in [0.25, 0.3) is 0 Å². The van der Waals surface area contributed by atoms with Gasteiger partial charge < -0.3 is 0 Å². The Morgan fingerprint density at radius 3 is 2.50 bits per heavy atom. The Hall–Kier alpha value is -0.860. The number of rotatable bonds is 1. The van der Waals surface area contributed by atoms with Crippen LogP contribution in [0.15, 0.2) is 22.6 Å². The molecule has 0 aromatic carbocycles. The molecular formula is C7H13N3. The third-order valence-corrected chi connectivity index (χ3v) is 1.99. The molecule has 0 bridgehead atoms. The van der Waals surface area contributed by atoms with Crippen molar-refractivity contribution >= 4 is 0 Å². The molecule has 0 aliphatic carbocycles. The molecule has 3 heteroatoms. The minimum absolute atomic E-state index is 0.106. The van der Waals surface area contributed by atoms with Gasteiger partial charge in [0.05, 0.1) is 0 Å². The Morgan fingerprint density at radius 1 is 1.50 bits per heavy atom. The fourth-order valence-electron chi connectivity index (χ4n) is 0.717. The summed E-state index contributed by atoms with van der Waals surface area (Å²) in [4.78, 5) is 0. The van der Waals surface area contributed by atoms with E-state index >= 15 is 0 Å². The predicted octanol–water partition coefficient (Wildman–Crippen LogP) is 1.89. The van der Waals surface area contributed by atoms with E-state index in [1.165, 1.54) is 0 Å². The van der Waals surface area contributed by atoms with Crippen LogP contribution in [0.4, 0.5) is 0 Å². The predicted molar refractivity (Wildman–Crippen MR) is 40.4 cm³/mol. The number of nitrogens with one attached hydrogen (secondary N) is 1. The van der Waals surface area contributed by atoms with Gasteiger partial charge in [-0.15, -0.1) is 0 Å². The second kappa shape index (κ2) is 2.40. The largest absolute Gasteiger partial charge is 0.268 e. The molecule has 1 aliphatic rings. The van der Waals surface area contributed by atoms with Crippen molar-refractivity contribution in [3.8, 4) is 0 Å². The average Bonchev–Trinajstić information content (AvgIpc) is 1.89. The Balaban J connectivity index is 2.75. The van der Waals surface area contributed by atoms with Crippen molar-refractivity contribution < 1.29 is 0 Å². The molecule has 0 saturated heterocycles. The van der Waals surface area contributed by atoms with Crippen molar-refractivity contribution in [2.45, 2.75) is 26.3 Å². The first-order valence-electron chi connectivity index (χ1n) is 3.50. The molecule has 0 fully saturated rings. The molecule has 1 rings (SSSR count). The van der Waals surface area contributed by atoms with Crippen LogP contribution in [-0.2, 0) is 0 Å². The van der Waals surface area contributed by atoms with Crippen LogP contribution >= 0.6 is 0 Å².